The number of oxazole rings is 1. The van der Waals surface area contributed by atoms with Gasteiger partial charge in [0.15, 0.2) is 5.89 Å². The molecule has 1 aromatic carbocycles. The molecule has 0 bridgehead atoms. The van der Waals surface area contributed by atoms with Crippen LogP contribution in [0.4, 0.5) is 0 Å². The average molecular weight is 277 g/mol. The molecule has 0 fully saturated rings. The third-order valence-corrected chi connectivity index (χ3v) is 3.94. The van der Waals surface area contributed by atoms with Crippen molar-refractivity contribution >= 4 is 11.6 Å². The fraction of sp³-hybridized carbons (Fsp3) is 0.400. The first-order valence-corrected chi connectivity index (χ1v) is 7.04. The van der Waals surface area contributed by atoms with Crippen molar-refractivity contribution in [3.8, 4) is 0 Å². The molecule has 4 heteroatoms. The molecule has 1 aliphatic carbocycles. The lowest BCUT2D eigenvalue weighted by molar-refractivity contribution is 0.399. The Hall–Kier alpha value is -1.32. The third-order valence-electron chi connectivity index (χ3n) is 3.69. The van der Waals surface area contributed by atoms with E-state index in [-0.39, 0.29) is 0 Å². The summed E-state index contributed by atoms with van der Waals surface area (Å²) in [7, 11) is 0. The second kappa shape index (κ2) is 5.35. The maximum absolute atomic E-state index is 5.88. The first kappa shape index (κ1) is 12.7. The maximum Gasteiger partial charge on any atom is 0.199 e. The van der Waals surface area contributed by atoms with Gasteiger partial charge in [-0.15, -0.1) is 0 Å². The van der Waals surface area contributed by atoms with Crippen LogP contribution in [0, 0.1) is 5.92 Å². The van der Waals surface area contributed by atoms with Crippen molar-refractivity contribution in [3.05, 3.63) is 52.2 Å². The van der Waals surface area contributed by atoms with Crippen molar-refractivity contribution in [2.75, 3.05) is 6.54 Å². The minimum atomic E-state index is 0.556. The molecule has 2 aromatic rings. The van der Waals surface area contributed by atoms with Gasteiger partial charge in [-0.2, -0.15) is 0 Å². The minimum Gasteiger partial charge on any atom is -0.445 e. The van der Waals surface area contributed by atoms with Gasteiger partial charge in [0.2, 0.25) is 0 Å². The molecule has 100 valence electrons. The lowest BCUT2D eigenvalue weighted by atomic mass is 9.90. The molecule has 3 nitrogen and oxygen atoms in total. The molecule has 1 aromatic heterocycles. The zero-order valence-corrected chi connectivity index (χ0v) is 11.5. The smallest absolute Gasteiger partial charge is 0.199 e. The van der Waals surface area contributed by atoms with Crippen LogP contribution in [0.2, 0.25) is 5.02 Å². The van der Waals surface area contributed by atoms with Crippen LogP contribution in [0.15, 0.2) is 28.7 Å². The fourth-order valence-electron chi connectivity index (χ4n) is 2.56. The molecule has 1 aliphatic rings. The quantitative estimate of drug-likeness (QED) is 0.938. The van der Waals surface area contributed by atoms with Gasteiger partial charge in [-0.05, 0) is 43.0 Å². The van der Waals surface area contributed by atoms with Crippen LogP contribution in [0.25, 0.3) is 0 Å². The summed E-state index contributed by atoms with van der Waals surface area (Å²) in [6.07, 6.45) is 3.75. The number of hydrogen-bond acceptors (Lipinski definition) is 3. The van der Waals surface area contributed by atoms with E-state index in [1.54, 1.807) is 0 Å². The molecule has 2 N–H and O–H groups in total. The van der Waals surface area contributed by atoms with E-state index in [0.717, 1.165) is 54.6 Å². The van der Waals surface area contributed by atoms with Gasteiger partial charge >= 0.3 is 0 Å². The Balaban J connectivity index is 1.76. The van der Waals surface area contributed by atoms with Crippen LogP contribution in [-0.2, 0) is 19.3 Å². The highest BCUT2D eigenvalue weighted by Crippen LogP contribution is 2.26. The Kier molecular flexibility index (Phi) is 3.58. The second-order valence-corrected chi connectivity index (χ2v) is 5.56. The molecule has 0 aliphatic heterocycles. The summed E-state index contributed by atoms with van der Waals surface area (Å²) < 4.78 is 5.85. The van der Waals surface area contributed by atoms with E-state index >= 15 is 0 Å². The Morgan fingerprint density at radius 2 is 2.11 bits per heavy atom. The summed E-state index contributed by atoms with van der Waals surface area (Å²) in [6, 6.07) is 7.80. The number of nitrogens with zero attached hydrogens (tertiary/aromatic N) is 1. The van der Waals surface area contributed by atoms with Crippen LogP contribution in [0.1, 0.15) is 29.3 Å². The molecule has 3 rings (SSSR count). The monoisotopic (exact) mass is 276 g/mol. The van der Waals surface area contributed by atoms with Crippen LogP contribution < -0.4 is 5.73 Å². The number of aryl methyl sites for hydroxylation is 1. The predicted molar refractivity (Wildman–Crippen MR) is 75.3 cm³/mol. The molecule has 19 heavy (non-hydrogen) atoms. The Labute approximate surface area is 117 Å². The molecule has 1 unspecified atom stereocenters. The van der Waals surface area contributed by atoms with Crippen LogP contribution in [0.3, 0.4) is 0 Å². The standard InChI is InChI=1S/C15H17ClN2O/c16-12-4-1-10(2-5-12)8-15-18-13-7-11(9-17)3-6-14(13)19-15/h1-2,4-5,11H,3,6-9,17H2. The topological polar surface area (TPSA) is 52.0 Å². The summed E-state index contributed by atoms with van der Waals surface area (Å²) in [5.74, 6) is 2.40. The highest BCUT2D eigenvalue weighted by molar-refractivity contribution is 6.30. The Morgan fingerprint density at radius 1 is 1.32 bits per heavy atom. The highest BCUT2D eigenvalue weighted by Gasteiger charge is 2.23. The van der Waals surface area contributed by atoms with E-state index < -0.39 is 0 Å². The number of nitrogens with two attached hydrogens (primary N) is 1. The molecular formula is C15H17ClN2O. The predicted octanol–water partition coefficient (Wildman–Crippen LogP) is 2.98. The molecular weight excluding hydrogens is 260 g/mol. The second-order valence-electron chi connectivity index (χ2n) is 5.13. The van der Waals surface area contributed by atoms with Gasteiger partial charge in [-0.1, -0.05) is 23.7 Å². The molecule has 0 saturated carbocycles. The van der Waals surface area contributed by atoms with Crippen molar-refractivity contribution in [1.82, 2.24) is 4.98 Å². The SMILES string of the molecule is NCC1CCc2oc(Cc3ccc(Cl)cc3)nc2C1. The lowest BCUT2D eigenvalue weighted by Crippen LogP contribution is -2.21. The Bertz CT molecular complexity index is 562. The van der Waals surface area contributed by atoms with Gasteiger partial charge in [-0.3, -0.25) is 0 Å². The van der Waals surface area contributed by atoms with E-state index in [2.05, 4.69) is 4.98 Å². The van der Waals surface area contributed by atoms with Crippen molar-refractivity contribution in [3.63, 3.8) is 0 Å². The van der Waals surface area contributed by atoms with Gasteiger partial charge < -0.3 is 10.2 Å². The van der Waals surface area contributed by atoms with Gasteiger partial charge in [0, 0.05) is 17.9 Å². The average Bonchev–Trinajstić information content (AvgIpc) is 2.82. The van der Waals surface area contributed by atoms with Crippen LogP contribution in [0.5, 0.6) is 0 Å². The van der Waals surface area contributed by atoms with Gasteiger partial charge in [0.1, 0.15) is 5.76 Å². The summed E-state index contributed by atoms with van der Waals surface area (Å²) in [5.41, 5.74) is 8.00. The van der Waals surface area contributed by atoms with Gasteiger partial charge in [0.05, 0.1) is 5.69 Å². The van der Waals surface area contributed by atoms with Crippen LogP contribution in [-0.4, -0.2) is 11.5 Å². The van der Waals surface area contributed by atoms with E-state index in [4.69, 9.17) is 21.8 Å². The summed E-state index contributed by atoms with van der Waals surface area (Å²) in [4.78, 5) is 4.61. The van der Waals surface area contributed by atoms with Crippen molar-refractivity contribution in [2.24, 2.45) is 11.7 Å². The highest BCUT2D eigenvalue weighted by atomic mass is 35.5. The van der Waals surface area contributed by atoms with E-state index in [9.17, 15) is 0 Å². The number of aromatic nitrogens is 1. The molecule has 1 heterocycles. The summed E-state index contributed by atoms with van der Waals surface area (Å²) >= 11 is 5.88. The first-order valence-electron chi connectivity index (χ1n) is 6.66. The molecule has 0 spiro atoms. The number of benzene rings is 1. The molecule has 0 amide bonds. The van der Waals surface area contributed by atoms with Crippen molar-refractivity contribution < 1.29 is 4.42 Å². The maximum atomic E-state index is 5.88. The number of rotatable bonds is 3. The Morgan fingerprint density at radius 3 is 2.84 bits per heavy atom. The normalized spacial score (nSPS) is 18.3. The zero-order valence-electron chi connectivity index (χ0n) is 10.7. The van der Waals surface area contributed by atoms with Crippen LogP contribution >= 0.6 is 11.6 Å². The number of hydrogen-bond donors (Lipinski definition) is 1. The first-order chi connectivity index (χ1) is 9.24. The molecule has 1 atom stereocenters. The summed E-state index contributed by atoms with van der Waals surface area (Å²) in [6.45, 7) is 0.735. The fourth-order valence-corrected chi connectivity index (χ4v) is 2.68. The largest absolute Gasteiger partial charge is 0.445 e. The zero-order chi connectivity index (χ0) is 13.2. The lowest BCUT2D eigenvalue weighted by Gasteiger charge is -2.17. The molecule has 0 saturated heterocycles. The van der Waals surface area contributed by atoms with Gasteiger partial charge in [0.25, 0.3) is 0 Å². The molecule has 0 radical (unpaired) electrons. The van der Waals surface area contributed by atoms with Crippen molar-refractivity contribution in [2.45, 2.75) is 25.7 Å². The minimum absolute atomic E-state index is 0.556. The summed E-state index contributed by atoms with van der Waals surface area (Å²) in [5, 5.41) is 0.751. The van der Waals surface area contributed by atoms with E-state index in [0.29, 0.717) is 5.92 Å². The van der Waals surface area contributed by atoms with Gasteiger partial charge in [-0.25, -0.2) is 4.98 Å². The van der Waals surface area contributed by atoms with E-state index in [1.807, 2.05) is 24.3 Å². The van der Waals surface area contributed by atoms with Crippen molar-refractivity contribution in [1.29, 1.82) is 0 Å². The number of halogens is 1. The number of fused-ring (bicyclic) bond motifs is 1. The third kappa shape index (κ3) is 2.82. The van der Waals surface area contributed by atoms with E-state index in [1.165, 1.54) is 5.56 Å².